The molecule has 4 bridgehead atoms. The molecule has 1 amide bonds. The van der Waals surface area contributed by atoms with Gasteiger partial charge in [0.15, 0.2) is 5.69 Å². The Morgan fingerprint density at radius 3 is 2.62 bits per heavy atom. The normalized spacial score (nSPS) is 35.2. The number of rotatable bonds is 6. The van der Waals surface area contributed by atoms with Gasteiger partial charge in [0, 0.05) is 6.04 Å². The fourth-order valence-electron chi connectivity index (χ4n) is 5.32. The van der Waals surface area contributed by atoms with Crippen molar-refractivity contribution in [1.82, 2.24) is 10.3 Å². The summed E-state index contributed by atoms with van der Waals surface area (Å²) in [5.74, 6) is 4.49. The fraction of sp³-hybridized carbons (Fsp3) is 0.778. The van der Waals surface area contributed by atoms with Crippen molar-refractivity contribution in [1.29, 1.82) is 0 Å². The largest absolute Gasteiger partial charge is 0.446 e. The summed E-state index contributed by atoms with van der Waals surface area (Å²) in [5.41, 5.74) is 6.45. The van der Waals surface area contributed by atoms with Crippen molar-refractivity contribution >= 4 is 17.7 Å². The highest BCUT2D eigenvalue weighted by molar-refractivity contribution is 7.98. The molecule has 0 aliphatic heterocycles. The molecule has 3 N–H and O–H groups in total. The van der Waals surface area contributed by atoms with Crippen LogP contribution in [0.1, 0.15) is 60.9 Å². The first-order chi connectivity index (χ1) is 11.6. The molecule has 132 valence electrons. The zero-order valence-corrected chi connectivity index (χ0v) is 15.1. The second kappa shape index (κ2) is 6.71. The van der Waals surface area contributed by atoms with Gasteiger partial charge in [-0.05, 0) is 74.2 Å². The standard InChI is InChI=1S/C18H27N3O2S/c1-24-3-2-14(19)18-20-15(9-23-18)17(22)21-16-12-5-10-4-11(7-12)8-13(16)6-10/h9-14,16H,2-8,19H2,1H3,(H,21,22). The summed E-state index contributed by atoms with van der Waals surface area (Å²) in [6.45, 7) is 0. The minimum absolute atomic E-state index is 0.0976. The number of carbonyl (C=O) groups is 1. The Balaban J connectivity index is 1.39. The molecule has 6 heteroatoms. The highest BCUT2D eigenvalue weighted by Gasteiger charge is 2.48. The Labute approximate surface area is 147 Å². The van der Waals surface area contributed by atoms with Crippen LogP contribution in [0.2, 0.25) is 0 Å². The molecule has 0 radical (unpaired) electrons. The summed E-state index contributed by atoms with van der Waals surface area (Å²) in [6.07, 6.45) is 10.9. The van der Waals surface area contributed by atoms with Crippen LogP contribution in [0, 0.1) is 23.7 Å². The first kappa shape index (κ1) is 16.5. The molecule has 0 saturated heterocycles. The quantitative estimate of drug-likeness (QED) is 0.825. The maximum absolute atomic E-state index is 12.6. The van der Waals surface area contributed by atoms with Gasteiger partial charge < -0.3 is 15.5 Å². The monoisotopic (exact) mass is 349 g/mol. The van der Waals surface area contributed by atoms with E-state index in [9.17, 15) is 4.79 Å². The Morgan fingerprint density at radius 1 is 1.33 bits per heavy atom. The van der Waals surface area contributed by atoms with E-state index in [1.165, 1.54) is 38.4 Å². The third-order valence-corrected chi connectivity index (χ3v) is 6.87. The first-order valence-electron chi connectivity index (χ1n) is 9.14. The van der Waals surface area contributed by atoms with Gasteiger partial charge in [-0.1, -0.05) is 0 Å². The predicted octanol–water partition coefficient (Wildman–Crippen LogP) is 2.98. The third-order valence-electron chi connectivity index (χ3n) is 6.23. The van der Waals surface area contributed by atoms with Gasteiger partial charge in [0.25, 0.3) is 5.91 Å². The third kappa shape index (κ3) is 3.10. The van der Waals surface area contributed by atoms with Gasteiger partial charge in [-0.3, -0.25) is 4.79 Å². The van der Waals surface area contributed by atoms with Crippen LogP contribution >= 0.6 is 11.8 Å². The number of thioether (sulfide) groups is 1. The van der Waals surface area contributed by atoms with Crippen molar-refractivity contribution in [3.05, 3.63) is 17.8 Å². The van der Waals surface area contributed by atoms with Gasteiger partial charge in [-0.15, -0.1) is 0 Å². The van der Waals surface area contributed by atoms with Crippen LogP contribution in [0.25, 0.3) is 0 Å². The second-order valence-corrected chi connectivity index (χ2v) is 8.87. The lowest BCUT2D eigenvalue weighted by Gasteiger charge is -2.54. The maximum Gasteiger partial charge on any atom is 0.273 e. The van der Waals surface area contributed by atoms with Gasteiger partial charge in [0.1, 0.15) is 6.26 Å². The predicted molar refractivity (Wildman–Crippen MR) is 94.7 cm³/mol. The van der Waals surface area contributed by atoms with Crippen molar-refractivity contribution in [3.63, 3.8) is 0 Å². The van der Waals surface area contributed by atoms with Gasteiger partial charge >= 0.3 is 0 Å². The smallest absolute Gasteiger partial charge is 0.273 e. The molecule has 4 fully saturated rings. The van der Waals surface area contributed by atoms with Crippen molar-refractivity contribution in [2.75, 3.05) is 12.0 Å². The topological polar surface area (TPSA) is 81.1 Å². The summed E-state index contributed by atoms with van der Waals surface area (Å²) in [4.78, 5) is 16.9. The van der Waals surface area contributed by atoms with Crippen LogP contribution in [0.15, 0.2) is 10.7 Å². The number of hydrogen-bond donors (Lipinski definition) is 2. The molecule has 0 aromatic carbocycles. The summed E-state index contributed by atoms with van der Waals surface area (Å²) in [5, 5.41) is 3.27. The first-order valence-corrected chi connectivity index (χ1v) is 10.5. The average molecular weight is 350 g/mol. The number of nitrogens with two attached hydrogens (primary N) is 1. The molecular formula is C18H27N3O2S. The zero-order valence-electron chi connectivity index (χ0n) is 14.2. The van der Waals surface area contributed by atoms with E-state index < -0.39 is 0 Å². The van der Waals surface area contributed by atoms with Gasteiger partial charge in [0.05, 0.1) is 6.04 Å². The molecule has 24 heavy (non-hydrogen) atoms. The molecule has 1 heterocycles. The number of hydrogen-bond acceptors (Lipinski definition) is 5. The lowest BCUT2D eigenvalue weighted by molar-refractivity contribution is -0.0120. The minimum atomic E-state index is -0.236. The lowest BCUT2D eigenvalue weighted by atomic mass is 9.54. The Bertz CT molecular complexity index is 575. The second-order valence-electron chi connectivity index (χ2n) is 7.89. The van der Waals surface area contributed by atoms with E-state index in [-0.39, 0.29) is 11.9 Å². The lowest BCUT2D eigenvalue weighted by Crippen LogP contribution is -2.55. The van der Waals surface area contributed by atoms with Gasteiger partial charge in [-0.2, -0.15) is 11.8 Å². The van der Waals surface area contributed by atoms with E-state index in [2.05, 4.69) is 10.3 Å². The van der Waals surface area contributed by atoms with E-state index in [4.69, 9.17) is 10.2 Å². The number of nitrogens with one attached hydrogen (secondary N) is 1. The minimum Gasteiger partial charge on any atom is -0.446 e. The van der Waals surface area contributed by atoms with Gasteiger partial charge in [-0.25, -0.2) is 4.98 Å². The molecule has 1 unspecified atom stereocenters. The highest BCUT2D eigenvalue weighted by Crippen LogP contribution is 2.53. The summed E-state index contributed by atoms with van der Waals surface area (Å²) in [6, 6.07) is 0.0933. The summed E-state index contributed by atoms with van der Waals surface area (Å²) >= 11 is 1.75. The van der Waals surface area contributed by atoms with Crippen LogP contribution < -0.4 is 11.1 Å². The number of oxazole rings is 1. The molecular weight excluding hydrogens is 322 g/mol. The molecule has 4 aliphatic carbocycles. The van der Waals surface area contributed by atoms with Crippen LogP contribution in [0.4, 0.5) is 0 Å². The highest BCUT2D eigenvalue weighted by atomic mass is 32.2. The molecule has 1 aromatic heterocycles. The number of aromatic nitrogens is 1. The molecule has 1 aromatic rings. The van der Waals surface area contributed by atoms with Crippen LogP contribution in [0.5, 0.6) is 0 Å². The summed E-state index contributed by atoms with van der Waals surface area (Å²) in [7, 11) is 0. The molecule has 5 rings (SSSR count). The van der Waals surface area contributed by atoms with Crippen molar-refractivity contribution in [2.24, 2.45) is 29.4 Å². The van der Waals surface area contributed by atoms with Crippen LogP contribution in [-0.4, -0.2) is 28.9 Å². The molecule has 4 aliphatic rings. The molecule has 4 saturated carbocycles. The Morgan fingerprint density at radius 2 is 2.00 bits per heavy atom. The SMILES string of the molecule is CSCCC(N)c1nc(C(=O)NC2C3CC4CC(C3)CC2C4)co1. The summed E-state index contributed by atoms with van der Waals surface area (Å²) < 4.78 is 5.45. The van der Waals surface area contributed by atoms with Crippen molar-refractivity contribution in [3.8, 4) is 0 Å². The average Bonchev–Trinajstić information content (AvgIpc) is 3.05. The number of carbonyl (C=O) groups excluding carboxylic acids is 1. The van der Waals surface area contributed by atoms with Crippen LogP contribution in [-0.2, 0) is 0 Å². The van der Waals surface area contributed by atoms with E-state index >= 15 is 0 Å². The molecule has 5 nitrogen and oxygen atoms in total. The molecule has 1 atom stereocenters. The van der Waals surface area contributed by atoms with Crippen LogP contribution in [0.3, 0.4) is 0 Å². The number of amides is 1. The van der Waals surface area contributed by atoms with Crippen molar-refractivity contribution < 1.29 is 9.21 Å². The Kier molecular flexibility index (Phi) is 4.60. The van der Waals surface area contributed by atoms with E-state index in [0.717, 1.165) is 24.0 Å². The zero-order chi connectivity index (χ0) is 16.7. The fourth-order valence-corrected chi connectivity index (χ4v) is 5.81. The Hall–Kier alpha value is -1.01. The van der Waals surface area contributed by atoms with E-state index in [1.54, 1.807) is 11.8 Å². The number of nitrogens with zero attached hydrogens (tertiary/aromatic N) is 1. The van der Waals surface area contributed by atoms with E-state index in [1.807, 2.05) is 6.26 Å². The van der Waals surface area contributed by atoms with E-state index in [0.29, 0.717) is 29.5 Å². The van der Waals surface area contributed by atoms with Crippen molar-refractivity contribution in [2.45, 2.75) is 50.6 Å². The molecule has 0 spiro atoms. The maximum atomic E-state index is 12.6. The van der Waals surface area contributed by atoms with Gasteiger partial charge in [0.2, 0.25) is 5.89 Å².